The molecule has 3 aromatic heterocycles. The number of pyridine rings is 1. The van der Waals surface area contributed by atoms with Gasteiger partial charge in [-0.25, -0.2) is 15.0 Å². The smallest absolute Gasteiger partial charge is 0.227 e. The van der Waals surface area contributed by atoms with Gasteiger partial charge in [-0.05, 0) is 69.9 Å². The van der Waals surface area contributed by atoms with E-state index in [-0.39, 0.29) is 0 Å². The molecule has 0 aliphatic rings. The standard InChI is InChI=1S/C43H27N3O/c1-3-12-29(13-4-1)39-26-40(46-42(45-39)30-14-5-2-6-15-30)35-23-33(32-20-19-28-11-7-8-16-31(28)21-32)22-34(24-35)36-25-38-37-17-9-10-18-41(37)47-43(38)44-27-36/h1-27H. The van der Waals surface area contributed by atoms with E-state index >= 15 is 0 Å². The maximum Gasteiger partial charge on any atom is 0.227 e. The predicted octanol–water partition coefficient (Wildman–Crippen LogP) is 11.3. The SMILES string of the molecule is c1ccc(-c2cc(-c3cc(-c4ccc5ccccc5c4)cc(-c4cnc5oc6ccccc6c5c4)c3)nc(-c3ccccc3)n2)cc1. The zero-order chi connectivity index (χ0) is 31.2. The van der Waals surface area contributed by atoms with Crippen LogP contribution in [0.15, 0.2) is 168 Å². The lowest BCUT2D eigenvalue weighted by Gasteiger charge is -2.13. The van der Waals surface area contributed by atoms with Crippen molar-refractivity contribution in [3.8, 4) is 56.2 Å². The van der Waals surface area contributed by atoms with Crippen LogP contribution in [0.3, 0.4) is 0 Å². The number of aromatic nitrogens is 3. The van der Waals surface area contributed by atoms with E-state index in [9.17, 15) is 0 Å². The molecule has 0 atom stereocenters. The molecule has 0 saturated carbocycles. The lowest BCUT2D eigenvalue weighted by atomic mass is 9.93. The number of fused-ring (bicyclic) bond motifs is 4. The molecule has 47 heavy (non-hydrogen) atoms. The molecule has 9 rings (SSSR count). The van der Waals surface area contributed by atoms with Crippen molar-refractivity contribution in [2.75, 3.05) is 0 Å². The number of hydrogen-bond donors (Lipinski definition) is 0. The van der Waals surface area contributed by atoms with E-state index < -0.39 is 0 Å². The van der Waals surface area contributed by atoms with Crippen LogP contribution < -0.4 is 0 Å². The summed E-state index contributed by atoms with van der Waals surface area (Å²) in [7, 11) is 0. The van der Waals surface area contributed by atoms with E-state index in [0.717, 1.165) is 66.7 Å². The Morgan fingerprint density at radius 2 is 1.02 bits per heavy atom. The van der Waals surface area contributed by atoms with Crippen molar-refractivity contribution in [2.45, 2.75) is 0 Å². The number of hydrogen-bond acceptors (Lipinski definition) is 4. The molecule has 4 heteroatoms. The minimum atomic E-state index is 0.636. The van der Waals surface area contributed by atoms with Crippen LogP contribution in [0.1, 0.15) is 0 Å². The molecule has 0 N–H and O–H groups in total. The van der Waals surface area contributed by atoms with Gasteiger partial charge in [-0.2, -0.15) is 0 Å². The van der Waals surface area contributed by atoms with Gasteiger partial charge in [0.15, 0.2) is 5.82 Å². The first-order valence-corrected chi connectivity index (χ1v) is 15.7. The summed E-state index contributed by atoms with van der Waals surface area (Å²) < 4.78 is 6.05. The van der Waals surface area contributed by atoms with Crippen molar-refractivity contribution >= 4 is 32.8 Å². The third kappa shape index (κ3) is 5.02. The van der Waals surface area contributed by atoms with Crippen molar-refractivity contribution in [1.82, 2.24) is 15.0 Å². The van der Waals surface area contributed by atoms with E-state index in [4.69, 9.17) is 19.4 Å². The minimum Gasteiger partial charge on any atom is -0.438 e. The van der Waals surface area contributed by atoms with Gasteiger partial charge in [-0.15, -0.1) is 0 Å². The molecule has 0 spiro atoms. The molecule has 0 fully saturated rings. The van der Waals surface area contributed by atoms with Crippen LogP contribution >= 0.6 is 0 Å². The van der Waals surface area contributed by atoms with Crippen LogP contribution in [-0.4, -0.2) is 15.0 Å². The lowest BCUT2D eigenvalue weighted by molar-refractivity contribution is 0.654. The highest BCUT2D eigenvalue weighted by molar-refractivity contribution is 6.05. The molecule has 0 saturated heterocycles. The fraction of sp³-hybridized carbons (Fsp3) is 0. The van der Waals surface area contributed by atoms with Gasteiger partial charge in [0.2, 0.25) is 5.71 Å². The number of nitrogens with zero attached hydrogens (tertiary/aromatic N) is 3. The Hall–Kier alpha value is -6.39. The number of rotatable bonds is 5. The Labute approximate surface area is 271 Å². The summed E-state index contributed by atoms with van der Waals surface area (Å²) >= 11 is 0. The van der Waals surface area contributed by atoms with Gasteiger partial charge in [0, 0.05) is 39.2 Å². The van der Waals surface area contributed by atoms with Crippen LogP contribution in [0.5, 0.6) is 0 Å². The van der Waals surface area contributed by atoms with Crippen LogP contribution in [0.2, 0.25) is 0 Å². The van der Waals surface area contributed by atoms with E-state index in [1.807, 2.05) is 60.8 Å². The van der Waals surface area contributed by atoms with E-state index in [2.05, 4.69) is 103 Å². The van der Waals surface area contributed by atoms with Gasteiger partial charge >= 0.3 is 0 Å². The summed E-state index contributed by atoms with van der Waals surface area (Å²) in [5, 5.41) is 4.46. The largest absolute Gasteiger partial charge is 0.438 e. The molecule has 0 aliphatic carbocycles. The first kappa shape index (κ1) is 27.0. The maximum atomic E-state index is 6.05. The summed E-state index contributed by atoms with van der Waals surface area (Å²) in [5.41, 5.74) is 10.5. The van der Waals surface area contributed by atoms with Crippen LogP contribution in [0.25, 0.3) is 89.0 Å². The zero-order valence-electron chi connectivity index (χ0n) is 25.3. The van der Waals surface area contributed by atoms with Crippen LogP contribution in [-0.2, 0) is 0 Å². The summed E-state index contributed by atoms with van der Waals surface area (Å²) in [6.45, 7) is 0. The molecule has 0 amide bonds. The van der Waals surface area contributed by atoms with Crippen molar-refractivity contribution in [2.24, 2.45) is 0 Å². The lowest BCUT2D eigenvalue weighted by Crippen LogP contribution is -1.96. The third-order valence-corrected chi connectivity index (χ3v) is 8.71. The number of benzene rings is 6. The average molecular weight is 602 g/mol. The first-order chi connectivity index (χ1) is 23.2. The van der Waals surface area contributed by atoms with E-state index in [0.29, 0.717) is 11.5 Å². The second kappa shape index (κ2) is 11.2. The molecule has 0 bridgehead atoms. The highest BCUT2D eigenvalue weighted by Crippen LogP contribution is 2.37. The summed E-state index contributed by atoms with van der Waals surface area (Å²) in [4.78, 5) is 14.9. The predicted molar refractivity (Wildman–Crippen MR) is 192 cm³/mol. The summed E-state index contributed by atoms with van der Waals surface area (Å²) in [6, 6.07) is 54.6. The number of furan rings is 1. The van der Waals surface area contributed by atoms with E-state index in [1.165, 1.54) is 10.8 Å². The van der Waals surface area contributed by atoms with Gasteiger partial charge in [-0.3, -0.25) is 0 Å². The Morgan fingerprint density at radius 1 is 0.383 bits per heavy atom. The molecule has 4 nitrogen and oxygen atoms in total. The normalized spacial score (nSPS) is 11.4. The molecule has 6 aromatic carbocycles. The Balaban J connectivity index is 1.28. The molecule has 0 unspecified atom stereocenters. The van der Waals surface area contributed by atoms with Crippen LogP contribution in [0.4, 0.5) is 0 Å². The van der Waals surface area contributed by atoms with Gasteiger partial charge in [0.05, 0.1) is 11.4 Å². The molecule has 220 valence electrons. The van der Waals surface area contributed by atoms with Gasteiger partial charge in [0.1, 0.15) is 5.58 Å². The van der Waals surface area contributed by atoms with Crippen LogP contribution in [0, 0.1) is 0 Å². The quantitative estimate of drug-likeness (QED) is 0.197. The van der Waals surface area contributed by atoms with E-state index in [1.54, 1.807) is 0 Å². The second-order valence-electron chi connectivity index (χ2n) is 11.7. The Bertz CT molecular complexity index is 2510. The molecule has 0 aliphatic heterocycles. The topological polar surface area (TPSA) is 51.8 Å². The molecule has 0 radical (unpaired) electrons. The van der Waals surface area contributed by atoms with Crippen molar-refractivity contribution in [1.29, 1.82) is 0 Å². The fourth-order valence-electron chi connectivity index (χ4n) is 6.31. The highest BCUT2D eigenvalue weighted by atomic mass is 16.3. The van der Waals surface area contributed by atoms with Gasteiger partial charge in [0.25, 0.3) is 0 Å². The third-order valence-electron chi connectivity index (χ3n) is 8.71. The second-order valence-corrected chi connectivity index (χ2v) is 11.7. The van der Waals surface area contributed by atoms with Gasteiger partial charge < -0.3 is 4.42 Å². The maximum absolute atomic E-state index is 6.05. The molecular formula is C43H27N3O. The summed E-state index contributed by atoms with van der Waals surface area (Å²) in [6.07, 6.45) is 1.90. The number of para-hydroxylation sites is 1. The minimum absolute atomic E-state index is 0.636. The fourth-order valence-corrected chi connectivity index (χ4v) is 6.31. The Kier molecular flexibility index (Phi) is 6.43. The monoisotopic (exact) mass is 601 g/mol. The first-order valence-electron chi connectivity index (χ1n) is 15.7. The van der Waals surface area contributed by atoms with Crippen molar-refractivity contribution in [3.05, 3.63) is 164 Å². The highest BCUT2D eigenvalue weighted by Gasteiger charge is 2.15. The molecule has 9 aromatic rings. The Morgan fingerprint density at radius 3 is 1.83 bits per heavy atom. The molecular weight excluding hydrogens is 574 g/mol. The zero-order valence-corrected chi connectivity index (χ0v) is 25.3. The van der Waals surface area contributed by atoms with Gasteiger partial charge in [-0.1, -0.05) is 115 Å². The molecule has 3 heterocycles. The summed E-state index contributed by atoms with van der Waals surface area (Å²) in [5.74, 6) is 0.688. The van der Waals surface area contributed by atoms with Crippen molar-refractivity contribution < 1.29 is 4.42 Å². The van der Waals surface area contributed by atoms with Crippen molar-refractivity contribution in [3.63, 3.8) is 0 Å². The average Bonchev–Trinajstić information content (AvgIpc) is 3.53.